The molecule has 2 rings (SSSR count). The summed E-state index contributed by atoms with van der Waals surface area (Å²) in [6, 6.07) is 2.42. The summed E-state index contributed by atoms with van der Waals surface area (Å²) in [7, 11) is 0. The minimum atomic E-state index is -0.219. The summed E-state index contributed by atoms with van der Waals surface area (Å²) in [5.74, 6) is 0. The Labute approximate surface area is 82.2 Å². The number of thiazole rings is 1. The molecule has 1 aromatic rings. The van der Waals surface area contributed by atoms with Gasteiger partial charge < -0.3 is 0 Å². The second kappa shape index (κ2) is 2.81. The predicted molar refractivity (Wildman–Crippen MR) is 52.7 cm³/mol. The summed E-state index contributed by atoms with van der Waals surface area (Å²) < 4.78 is 0. The van der Waals surface area contributed by atoms with Crippen LogP contribution in [-0.4, -0.2) is 4.98 Å². The molecule has 0 radical (unpaired) electrons. The van der Waals surface area contributed by atoms with E-state index in [9.17, 15) is 0 Å². The predicted octanol–water partition coefficient (Wildman–Crippen LogP) is 2.71. The molecule has 1 heterocycles. The topological polar surface area (TPSA) is 36.7 Å². The van der Waals surface area contributed by atoms with Gasteiger partial charge in [0.25, 0.3) is 0 Å². The number of aromatic nitrogens is 1. The first-order chi connectivity index (χ1) is 6.18. The molecule has 0 saturated heterocycles. The molecule has 2 nitrogen and oxygen atoms in total. The van der Waals surface area contributed by atoms with Crippen molar-refractivity contribution in [3.8, 4) is 6.07 Å². The average molecular weight is 192 g/mol. The van der Waals surface area contributed by atoms with E-state index in [-0.39, 0.29) is 5.41 Å². The first kappa shape index (κ1) is 8.71. The van der Waals surface area contributed by atoms with Gasteiger partial charge in [-0.05, 0) is 33.1 Å². The fraction of sp³-hybridized carbons (Fsp3) is 0.600. The Morgan fingerprint density at radius 2 is 2.15 bits per heavy atom. The first-order valence-corrected chi connectivity index (χ1v) is 5.35. The molecule has 0 unspecified atom stereocenters. The van der Waals surface area contributed by atoms with Gasteiger partial charge in [0.2, 0.25) is 0 Å². The van der Waals surface area contributed by atoms with E-state index in [0.717, 1.165) is 23.5 Å². The maximum absolute atomic E-state index is 9.11. The third-order valence-corrected chi connectivity index (χ3v) is 4.14. The molecule has 1 saturated carbocycles. The van der Waals surface area contributed by atoms with Crippen molar-refractivity contribution >= 4 is 11.3 Å². The normalized spacial score (nSPS) is 19.2. The highest BCUT2D eigenvalue weighted by Gasteiger charge is 2.41. The molecule has 1 fully saturated rings. The van der Waals surface area contributed by atoms with Gasteiger partial charge in [0.1, 0.15) is 10.4 Å². The van der Waals surface area contributed by atoms with Gasteiger partial charge in [0.05, 0.1) is 11.8 Å². The van der Waals surface area contributed by atoms with Crippen molar-refractivity contribution in [1.82, 2.24) is 4.98 Å². The van der Waals surface area contributed by atoms with E-state index < -0.39 is 0 Å². The molecule has 0 aromatic carbocycles. The number of aryl methyl sites for hydroxylation is 2. The van der Waals surface area contributed by atoms with E-state index in [2.05, 4.69) is 18.0 Å². The van der Waals surface area contributed by atoms with Crippen LogP contribution in [0, 0.1) is 25.2 Å². The van der Waals surface area contributed by atoms with Crippen LogP contribution in [0.2, 0.25) is 0 Å². The lowest BCUT2D eigenvalue weighted by atomic mass is 9.70. The zero-order chi connectivity index (χ0) is 9.47. The number of nitriles is 1. The molecule has 1 aliphatic carbocycles. The van der Waals surface area contributed by atoms with Gasteiger partial charge in [-0.3, -0.25) is 0 Å². The number of nitrogens with zero attached hydrogens (tertiary/aromatic N) is 2. The Bertz CT molecular complexity index is 349. The Morgan fingerprint density at radius 3 is 2.46 bits per heavy atom. The molecular formula is C10H12N2S. The number of hydrogen-bond acceptors (Lipinski definition) is 3. The number of hydrogen-bond donors (Lipinski definition) is 0. The Morgan fingerprint density at radius 1 is 1.46 bits per heavy atom. The molecule has 1 aliphatic rings. The minimum Gasteiger partial charge on any atom is -0.245 e. The van der Waals surface area contributed by atoms with Crippen LogP contribution in [0.25, 0.3) is 0 Å². The molecule has 1 aromatic heterocycles. The summed E-state index contributed by atoms with van der Waals surface area (Å²) in [5.41, 5.74) is 0.866. The zero-order valence-electron chi connectivity index (χ0n) is 7.92. The van der Waals surface area contributed by atoms with Crippen LogP contribution in [0.15, 0.2) is 0 Å². The Kier molecular flexibility index (Phi) is 1.88. The van der Waals surface area contributed by atoms with Crippen LogP contribution >= 0.6 is 11.3 Å². The fourth-order valence-corrected chi connectivity index (χ4v) is 2.69. The minimum absolute atomic E-state index is 0.219. The van der Waals surface area contributed by atoms with Gasteiger partial charge in [-0.25, -0.2) is 4.98 Å². The molecule has 0 spiro atoms. The summed E-state index contributed by atoms with van der Waals surface area (Å²) >= 11 is 1.69. The van der Waals surface area contributed by atoms with E-state index in [0.29, 0.717) is 0 Å². The van der Waals surface area contributed by atoms with E-state index >= 15 is 0 Å². The van der Waals surface area contributed by atoms with Crippen molar-refractivity contribution in [3.63, 3.8) is 0 Å². The smallest absolute Gasteiger partial charge is 0.113 e. The fourth-order valence-electron chi connectivity index (χ4n) is 1.58. The lowest BCUT2D eigenvalue weighted by molar-refractivity contribution is 0.322. The van der Waals surface area contributed by atoms with E-state index in [1.165, 1.54) is 11.3 Å². The van der Waals surface area contributed by atoms with Crippen LogP contribution in [0.3, 0.4) is 0 Å². The highest BCUT2D eigenvalue weighted by Crippen LogP contribution is 2.44. The molecule has 13 heavy (non-hydrogen) atoms. The van der Waals surface area contributed by atoms with Crippen LogP contribution in [0.1, 0.15) is 34.8 Å². The van der Waals surface area contributed by atoms with Crippen molar-refractivity contribution in [1.29, 1.82) is 5.26 Å². The second-order valence-electron chi connectivity index (χ2n) is 3.71. The average Bonchev–Trinajstić information content (AvgIpc) is 2.31. The van der Waals surface area contributed by atoms with Crippen molar-refractivity contribution in [2.45, 2.75) is 38.5 Å². The molecule has 0 N–H and O–H groups in total. The van der Waals surface area contributed by atoms with Crippen LogP contribution in [0.5, 0.6) is 0 Å². The zero-order valence-corrected chi connectivity index (χ0v) is 8.74. The van der Waals surface area contributed by atoms with Gasteiger partial charge in [-0.1, -0.05) is 0 Å². The largest absolute Gasteiger partial charge is 0.245 e. The van der Waals surface area contributed by atoms with Crippen LogP contribution in [-0.2, 0) is 5.41 Å². The highest BCUT2D eigenvalue weighted by molar-refractivity contribution is 7.11. The van der Waals surface area contributed by atoms with Gasteiger partial charge in [0, 0.05) is 4.88 Å². The molecule has 0 amide bonds. The standard InChI is InChI=1S/C10H12N2S/c1-7-8(2)13-9(12-7)10(6-11)4-3-5-10/h3-5H2,1-2H3. The van der Waals surface area contributed by atoms with E-state index in [1.54, 1.807) is 11.3 Å². The highest BCUT2D eigenvalue weighted by atomic mass is 32.1. The lowest BCUT2D eigenvalue weighted by Gasteiger charge is -2.32. The molecular weight excluding hydrogens is 180 g/mol. The maximum atomic E-state index is 9.11. The van der Waals surface area contributed by atoms with E-state index in [4.69, 9.17) is 5.26 Å². The molecule has 0 bridgehead atoms. The van der Waals surface area contributed by atoms with Gasteiger partial charge in [-0.15, -0.1) is 11.3 Å². The van der Waals surface area contributed by atoms with E-state index in [1.807, 2.05) is 6.92 Å². The second-order valence-corrected chi connectivity index (χ2v) is 4.91. The van der Waals surface area contributed by atoms with Crippen molar-refractivity contribution in [3.05, 3.63) is 15.6 Å². The van der Waals surface area contributed by atoms with Crippen molar-refractivity contribution < 1.29 is 0 Å². The van der Waals surface area contributed by atoms with Gasteiger partial charge in [0.15, 0.2) is 0 Å². The van der Waals surface area contributed by atoms with Gasteiger partial charge in [-0.2, -0.15) is 5.26 Å². The molecule has 0 aliphatic heterocycles. The monoisotopic (exact) mass is 192 g/mol. The van der Waals surface area contributed by atoms with Crippen molar-refractivity contribution in [2.75, 3.05) is 0 Å². The summed E-state index contributed by atoms with van der Waals surface area (Å²) in [4.78, 5) is 5.72. The summed E-state index contributed by atoms with van der Waals surface area (Å²) in [6.45, 7) is 4.08. The van der Waals surface area contributed by atoms with Gasteiger partial charge >= 0.3 is 0 Å². The third-order valence-electron chi connectivity index (χ3n) is 2.86. The first-order valence-electron chi connectivity index (χ1n) is 4.54. The molecule has 0 atom stereocenters. The lowest BCUT2D eigenvalue weighted by Crippen LogP contribution is -2.32. The maximum Gasteiger partial charge on any atom is 0.113 e. The van der Waals surface area contributed by atoms with Crippen LogP contribution < -0.4 is 0 Å². The Hall–Kier alpha value is -0.880. The quantitative estimate of drug-likeness (QED) is 0.686. The Balaban J connectivity index is 2.40. The van der Waals surface area contributed by atoms with Crippen molar-refractivity contribution in [2.24, 2.45) is 0 Å². The summed E-state index contributed by atoms with van der Waals surface area (Å²) in [6.07, 6.45) is 3.16. The van der Waals surface area contributed by atoms with Crippen LogP contribution in [0.4, 0.5) is 0 Å². The number of rotatable bonds is 1. The molecule has 3 heteroatoms. The third kappa shape index (κ3) is 1.17. The summed E-state index contributed by atoms with van der Waals surface area (Å²) in [5, 5.41) is 10.1. The molecule has 68 valence electrons. The SMILES string of the molecule is Cc1nc(C2(C#N)CCC2)sc1C.